The van der Waals surface area contributed by atoms with Crippen LogP contribution < -0.4 is 0 Å². The largest absolute Gasteiger partial charge is 0.508 e. The van der Waals surface area contributed by atoms with Crippen LogP contribution in [0, 0.1) is 52.5 Å². The number of benzene rings is 1. The Bertz CT molecular complexity index is 237. The van der Waals surface area contributed by atoms with Crippen molar-refractivity contribution in [3.63, 3.8) is 0 Å². The van der Waals surface area contributed by atoms with Gasteiger partial charge in [0, 0.05) is 38.2 Å². The number of aromatic hydroxyl groups is 1. The molecule has 0 amide bonds. The van der Waals surface area contributed by atoms with Gasteiger partial charge in [0.1, 0.15) is 5.75 Å². The first-order chi connectivity index (χ1) is 5.74. The molecule has 1 aromatic rings. The van der Waals surface area contributed by atoms with Crippen LogP contribution in [0.3, 0.4) is 0 Å². The Hall–Kier alpha value is 0.253. The van der Waals surface area contributed by atoms with Gasteiger partial charge in [-0.3, -0.25) is 0 Å². The van der Waals surface area contributed by atoms with Crippen molar-refractivity contribution in [3.8, 4) is 5.75 Å². The number of aliphatic hydroxyl groups excluding tert-OH is 1. The number of aliphatic hydroxyl groups is 1. The zero-order valence-electron chi connectivity index (χ0n) is 9.15. The first kappa shape index (κ1) is 19.8. The van der Waals surface area contributed by atoms with Gasteiger partial charge in [0.05, 0.1) is 6.61 Å². The molecule has 0 aliphatic rings. The maximum absolute atomic E-state index is 8.95. The number of phenolic OH excluding ortho intramolecular Hbond substituents is 1. The molecule has 2 N–H and O–H groups in total. The topological polar surface area (TPSA) is 40.5 Å². The van der Waals surface area contributed by atoms with E-state index in [2.05, 4.69) is 0 Å². The fourth-order valence-electron chi connectivity index (χ4n) is 0.857. The zero-order valence-corrected chi connectivity index (χ0v) is 11.2. The van der Waals surface area contributed by atoms with Gasteiger partial charge < -0.3 is 17.6 Å². The van der Waals surface area contributed by atoms with E-state index in [4.69, 9.17) is 10.2 Å². The summed E-state index contributed by atoms with van der Waals surface area (Å²) in [5.74, 6) is 0.245. The molecule has 0 unspecified atom stereocenters. The Kier molecular flexibility index (Phi) is 16.0. The van der Waals surface area contributed by atoms with Gasteiger partial charge >= 0.3 is 0 Å². The van der Waals surface area contributed by atoms with Crippen molar-refractivity contribution in [3.05, 3.63) is 36.8 Å². The fraction of sp³-hybridized carbons (Fsp3) is 0.364. The van der Waals surface area contributed by atoms with E-state index in [1.54, 1.807) is 18.2 Å². The van der Waals surface area contributed by atoms with Crippen LogP contribution >= 0.6 is 0 Å². The second-order valence-corrected chi connectivity index (χ2v) is 2.27. The third-order valence-corrected chi connectivity index (χ3v) is 1.50. The normalized spacial score (nSPS) is 7.43. The van der Waals surface area contributed by atoms with Gasteiger partial charge in [0.15, 0.2) is 0 Å². The fourth-order valence-corrected chi connectivity index (χ4v) is 0.857. The van der Waals surface area contributed by atoms with Crippen molar-refractivity contribution in [1.82, 2.24) is 0 Å². The smallest absolute Gasteiger partial charge is 0.115 e. The summed E-state index contributed by atoms with van der Waals surface area (Å²) < 4.78 is 0. The number of hydrogen-bond acceptors (Lipinski definition) is 2. The Morgan fingerprint density at radius 2 is 1.71 bits per heavy atom. The molecule has 14 heavy (non-hydrogen) atoms. The van der Waals surface area contributed by atoms with Gasteiger partial charge in [-0.25, -0.2) is 0 Å². The van der Waals surface area contributed by atoms with Crippen molar-refractivity contribution in [1.29, 1.82) is 0 Å². The van der Waals surface area contributed by atoms with Crippen LogP contribution in [0.4, 0.5) is 0 Å². The third kappa shape index (κ3) is 6.67. The molecular weight excluding hydrogens is 327 g/mol. The quantitative estimate of drug-likeness (QED) is 0.768. The second kappa shape index (κ2) is 11.3. The minimum atomic E-state index is 0. The standard InChI is InChI=1S/C8H10O2.C2H6.CH3.Dy/c1-6-4-8(10)3-2-7(6)5-9;1-2;;/h2-4,9-10H,5H2,1H3;1-2H3;1H3;/q;;-1;. The SMILES string of the molecule is CC.Cc1cc(O)ccc1CO.[CH3-].[Dy]. The Balaban J connectivity index is -0.000000284. The van der Waals surface area contributed by atoms with E-state index in [-0.39, 0.29) is 58.0 Å². The molecule has 0 aliphatic carbocycles. The number of hydrogen-bond donors (Lipinski definition) is 2. The Morgan fingerprint density at radius 1 is 1.21 bits per heavy atom. The molecule has 86 valence electrons. The summed E-state index contributed by atoms with van der Waals surface area (Å²) in [5, 5.41) is 17.7. The summed E-state index contributed by atoms with van der Waals surface area (Å²) in [6.07, 6.45) is 0. The minimum absolute atomic E-state index is 0. The van der Waals surface area contributed by atoms with Gasteiger partial charge in [-0.05, 0) is 30.2 Å². The van der Waals surface area contributed by atoms with Gasteiger partial charge in [0.2, 0.25) is 0 Å². The molecule has 0 fully saturated rings. The van der Waals surface area contributed by atoms with Gasteiger partial charge in [-0.1, -0.05) is 19.9 Å². The molecule has 0 aromatic heterocycles. The van der Waals surface area contributed by atoms with E-state index in [1.807, 2.05) is 20.8 Å². The van der Waals surface area contributed by atoms with Crippen LogP contribution in [0.2, 0.25) is 0 Å². The van der Waals surface area contributed by atoms with Gasteiger partial charge in [0.25, 0.3) is 0 Å². The van der Waals surface area contributed by atoms with E-state index in [9.17, 15) is 0 Å². The maximum Gasteiger partial charge on any atom is 0.115 e. The van der Waals surface area contributed by atoms with E-state index in [0.717, 1.165) is 11.1 Å². The summed E-state index contributed by atoms with van der Waals surface area (Å²) >= 11 is 0. The summed E-state index contributed by atoms with van der Waals surface area (Å²) in [7, 11) is 0. The number of aryl methyl sites for hydroxylation is 1. The van der Waals surface area contributed by atoms with Crippen LogP contribution in [0.5, 0.6) is 5.75 Å². The van der Waals surface area contributed by atoms with E-state index in [1.165, 1.54) is 0 Å². The predicted molar refractivity (Wildman–Crippen MR) is 56.5 cm³/mol. The Labute approximate surface area is 117 Å². The molecule has 0 saturated heterocycles. The summed E-state index contributed by atoms with van der Waals surface area (Å²) in [6, 6.07) is 4.91. The number of rotatable bonds is 1. The van der Waals surface area contributed by atoms with Crippen LogP contribution in [-0.2, 0) is 6.61 Å². The van der Waals surface area contributed by atoms with E-state index < -0.39 is 0 Å². The number of phenols is 1. The minimum Gasteiger partial charge on any atom is -0.508 e. The van der Waals surface area contributed by atoms with Crippen molar-refractivity contribution < 1.29 is 48.4 Å². The molecule has 0 bridgehead atoms. The monoisotopic (exact) mass is 347 g/mol. The molecule has 0 saturated carbocycles. The molecule has 0 radical (unpaired) electrons. The third-order valence-electron chi connectivity index (χ3n) is 1.50. The van der Waals surface area contributed by atoms with Crippen molar-refractivity contribution in [2.75, 3.05) is 0 Å². The first-order valence-electron chi connectivity index (χ1n) is 4.13. The van der Waals surface area contributed by atoms with Gasteiger partial charge in [-0.15, -0.1) is 0 Å². The van der Waals surface area contributed by atoms with Crippen molar-refractivity contribution in [2.45, 2.75) is 27.4 Å². The van der Waals surface area contributed by atoms with Crippen LogP contribution in [-0.4, -0.2) is 10.2 Å². The van der Waals surface area contributed by atoms with Crippen LogP contribution in [0.15, 0.2) is 18.2 Å². The molecule has 0 atom stereocenters. The zero-order chi connectivity index (χ0) is 9.56. The predicted octanol–water partition coefficient (Wildman–Crippen LogP) is 2.67. The molecule has 2 nitrogen and oxygen atoms in total. The summed E-state index contributed by atoms with van der Waals surface area (Å²) in [6.45, 7) is 5.89. The van der Waals surface area contributed by atoms with E-state index >= 15 is 0 Å². The maximum atomic E-state index is 8.95. The molecular formula is C11H19DyO2-. The van der Waals surface area contributed by atoms with Crippen molar-refractivity contribution >= 4 is 0 Å². The molecule has 0 spiro atoms. The average Bonchev–Trinajstić information content (AvgIpc) is 2.08. The molecule has 0 aliphatic heterocycles. The van der Waals surface area contributed by atoms with Crippen LogP contribution in [0.25, 0.3) is 0 Å². The molecule has 1 rings (SSSR count). The van der Waals surface area contributed by atoms with Gasteiger partial charge in [-0.2, -0.15) is 0 Å². The molecule has 3 heteroatoms. The summed E-state index contributed by atoms with van der Waals surface area (Å²) in [5.41, 5.74) is 1.78. The second-order valence-electron chi connectivity index (χ2n) is 2.27. The van der Waals surface area contributed by atoms with Crippen molar-refractivity contribution in [2.24, 2.45) is 0 Å². The average molecular weight is 346 g/mol. The molecule has 0 heterocycles. The summed E-state index contributed by atoms with van der Waals surface area (Å²) in [4.78, 5) is 0. The first-order valence-corrected chi connectivity index (χ1v) is 4.13. The van der Waals surface area contributed by atoms with E-state index in [0.29, 0.717) is 0 Å². The van der Waals surface area contributed by atoms with Crippen LogP contribution in [0.1, 0.15) is 25.0 Å². The molecule has 1 aromatic carbocycles. The Morgan fingerprint density at radius 3 is 2.07 bits per heavy atom.